The van der Waals surface area contributed by atoms with E-state index < -0.39 is 15.9 Å². The summed E-state index contributed by atoms with van der Waals surface area (Å²) in [6.45, 7) is 4.77. The normalized spacial score (nSPS) is 24.8. The van der Waals surface area contributed by atoms with Crippen molar-refractivity contribution in [3.05, 3.63) is 29.8 Å². The predicted molar refractivity (Wildman–Crippen MR) is 79.6 cm³/mol. The van der Waals surface area contributed by atoms with Crippen LogP contribution in [-0.2, 0) is 9.84 Å². The first-order valence-corrected chi connectivity index (χ1v) is 9.01. The molecule has 1 heterocycles. The molecule has 0 bridgehead atoms. The van der Waals surface area contributed by atoms with E-state index in [-0.39, 0.29) is 5.92 Å². The van der Waals surface area contributed by atoms with Gasteiger partial charge in [0.2, 0.25) is 0 Å². The summed E-state index contributed by atoms with van der Waals surface area (Å²) in [5.41, 5.74) is 0.927. The van der Waals surface area contributed by atoms with Crippen LogP contribution in [0, 0.1) is 0 Å². The fraction of sp³-hybridized carbons (Fsp3) is 0.600. The Morgan fingerprint density at radius 2 is 2.15 bits per heavy atom. The first kappa shape index (κ1) is 15.5. The maximum Gasteiger partial charge on any atom is 0.175 e. The van der Waals surface area contributed by atoms with Crippen molar-refractivity contribution in [1.29, 1.82) is 0 Å². The second kappa shape index (κ2) is 6.24. The van der Waals surface area contributed by atoms with Gasteiger partial charge in [-0.1, -0.05) is 19.1 Å². The largest absolute Gasteiger partial charge is 0.391 e. The molecule has 0 radical (unpaired) electrons. The second-order valence-corrected chi connectivity index (χ2v) is 7.62. The van der Waals surface area contributed by atoms with Crippen molar-refractivity contribution >= 4 is 9.84 Å². The van der Waals surface area contributed by atoms with Gasteiger partial charge in [-0.3, -0.25) is 0 Å². The molecule has 0 aromatic heterocycles. The molecular weight excluding hydrogens is 274 g/mol. The van der Waals surface area contributed by atoms with Crippen molar-refractivity contribution in [2.75, 3.05) is 25.9 Å². The van der Waals surface area contributed by atoms with Crippen LogP contribution in [0.2, 0.25) is 0 Å². The molecule has 20 heavy (non-hydrogen) atoms. The van der Waals surface area contributed by atoms with Crippen molar-refractivity contribution in [3.63, 3.8) is 0 Å². The van der Waals surface area contributed by atoms with E-state index in [1.54, 1.807) is 18.2 Å². The SMILES string of the molecule is CCCN1CCC(c2cccc(S(C)(=O)=O)c2)[C@H](O)C1. The predicted octanol–water partition coefficient (Wildman–Crippen LogP) is 1.65. The van der Waals surface area contributed by atoms with Crippen LogP contribution in [0.4, 0.5) is 0 Å². The Kier molecular flexibility index (Phi) is 4.83. The summed E-state index contributed by atoms with van der Waals surface area (Å²) in [6, 6.07) is 6.99. The summed E-state index contributed by atoms with van der Waals surface area (Å²) in [5.74, 6) is 0.0322. The van der Waals surface area contributed by atoms with Gasteiger partial charge in [-0.2, -0.15) is 0 Å². The Balaban J connectivity index is 2.17. The number of rotatable bonds is 4. The monoisotopic (exact) mass is 297 g/mol. The molecule has 0 aliphatic carbocycles. The minimum Gasteiger partial charge on any atom is -0.391 e. The summed E-state index contributed by atoms with van der Waals surface area (Å²) in [6.07, 6.45) is 2.74. The number of nitrogens with zero attached hydrogens (tertiary/aromatic N) is 1. The number of likely N-dealkylation sites (tertiary alicyclic amines) is 1. The molecule has 0 amide bonds. The molecule has 1 saturated heterocycles. The lowest BCUT2D eigenvalue weighted by molar-refractivity contribution is 0.0514. The smallest absolute Gasteiger partial charge is 0.175 e. The number of aliphatic hydroxyl groups is 1. The standard InChI is InChI=1S/C15H23NO3S/c1-3-8-16-9-7-14(15(17)11-16)12-5-4-6-13(10-12)20(2,18)19/h4-6,10,14-15,17H,3,7-9,11H2,1-2H3/t14?,15-/m1/s1. The van der Waals surface area contributed by atoms with Crippen LogP contribution in [0.3, 0.4) is 0 Å². The Morgan fingerprint density at radius 1 is 1.40 bits per heavy atom. The summed E-state index contributed by atoms with van der Waals surface area (Å²) in [5, 5.41) is 10.3. The van der Waals surface area contributed by atoms with Gasteiger partial charge in [0.25, 0.3) is 0 Å². The number of hydrogen-bond acceptors (Lipinski definition) is 4. The molecule has 0 spiro atoms. The first-order chi connectivity index (χ1) is 9.41. The van der Waals surface area contributed by atoms with Gasteiger partial charge in [-0.05, 0) is 43.6 Å². The van der Waals surface area contributed by atoms with Crippen LogP contribution >= 0.6 is 0 Å². The summed E-state index contributed by atoms with van der Waals surface area (Å²) in [4.78, 5) is 2.60. The third-order valence-corrected chi connectivity index (χ3v) is 5.03. The van der Waals surface area contributed by atoms with Crippen LogP contribution in [-0.4, -0.2) is 50.4 Å². The molecular formula is C15H23NO3S. The molecule has 1 aliphatic heterocycles. The van der Waals surface area contributed by atoms with Gasteiger partial charge < -0.3 is 10.0 Å². The van der Waals surface area contributed by atoms with Gasteiger partial charge in [-0.25, -0.2) is 8.42 Å². The van der Waals surface area contributed by atoms with Crippen molar-refractivity contribution in [1.82, 2.24) is 4.90 Å². The van der Waals surface area contributed by atoms with E-state index >= 15 is 0 Å². The molecule has 1 N–H and O–H groups in total. The highest BCUT2D eigenvalue weighted by Gasteiger charge is 2.28. The number of sulfone groups is 1. The van der Waals surface area contributed by atoms with E-state index in [0.717, 1.165) is 31.5 Å². The number of hydrogen-bond donors (Lipinski definition) is 1. The number of piperidine rings is 1. The van der Waals surface area contributed by atoms with Gasteiger partial charge in [0, 0.05) is 18.7 Å². The average molecular weight is 297 g/mol. The highest BCUT2D eigenvalue weighted by molar-refractivity contribution is 7.90. The molecule has 5 heteroatoms. The molecule has 1 aromatic rings. The Morgan fingerprint density at radius 3 is 2.75 bits per heavy atom. The van der Waals surface area contributed by atoms with Gasteiger partial charge >= 0.3 is 0 Å². The molecule has 1 unspecified atom stereocenters. The van der Waals surface area contributed by atoms with E-state index in [9.17, 15) is 13.5 Å². The van der Waals surface area contributed by atoms with Crippen LogP contribution in [0.25, 0.3) is 0 Å². The molecule has 2 rings (SSSR count). The van der Waals surface area contributed by atoms with Gasteiger partial charge in [0.1, 0.15) is 0 Å². The topological polar surface area (TPSA) is 57.6 Å². The van der Waals surface area contributed by atoms with E-state index in [0.29, 0.717) is 11.4 Å². The molecule has 1 aromatic carbocycles. The molecule has 1 fully saturated rings. The third kappa shape index (κ3) is 3.59. The minimum absolute atomic E-state index is 0.0322. The van der Waals surface area contributed by atoms with Crippen LogP contribution < -0.4 is 0 Å². The van der Waals surface area contributed by atoms with Crippen molar-refractivity contribution in [2.24, 2.45) is 0 Å². The van der Waals surface area contributed by atoms with Crippen molar-refractivity contribution in [3.8, 4) is 0 Å². The zero-order chi connectivity index (χ0) is 14.8. The fourth-order valence-corrected chi connectivity index (χ4v) is 3.56. The summed E-state index contributed by atoms with van der Waals surface area (Å²) >= 11 is 0. The van der Waals surface area contributed by atoms with Crippen LogP contribution in [0.1, 0.15) is 31.2 Å². The van der Waals surface area contributed by atoms with E-state index in [2.05, 4.69) is 11.8 Å². The first-order valence-electron chi connectivity index (χ1n) is 7.12. The lowest BCUT2D eigenvalue weighted by atomic mass is 9.87. The molecule has 1 aliphatic rings. The third-order valence-electron chi connectivity index (χ3n) is 3.92. The van der Waals surface area contributed by atoms with Crippen molar-refractivity contribution in [2.45, 2.75) is 36.7 Å². The van der Waals surface area contributed by atoms with E-state index in [1.807, 2.05) is 6.07 Å². The number of benzene rings is 1. The number of β-amino-alcohol motifs (C(OH)–C–C–N with tert-alkyl or cyclic N) is 1. The van der Waals surface area contributed by atoms with Crippen molar-refractivity contribution < 1.29 is 13.5 Å². The molecule has 4 nitrogen and oxygen atoms in total. The Bertz CT molecular complexity index is 556. The maximum atomic E-state index is 11.6. The maximum absolute atomic E-state index is 11.6. The number of aliphatic hydroxyl groups excluding tert-OH is 1. The summed E-state index contributed by atoms with van der Waals surface area (Å²) in [7, 11) is -3.19. The second-order valence-electron chi connectivity index (χ2n) is 5.61. The van der Waals surface area contributed by atoms with Gasteiger partial charge in [0.05, 0.1) is 11.0 Å². The fourth-order valence-electron chi connectivity index (χ4n) is 2.88. The zero-order valence-electron chi connectivity index (χ0n) is 12.1. The minimum atomic E-state index is -3.19. The summed E-state index contributed by atoms with van der Waals surface area (Å²) < 4.78 is 23.2. The quantitative estimate of drug-likeness (QED) is 0.918. The van der Waals surface area contributed by atoms with Gasteiger partial charge in [0.15, 0.2) is 9.84 Å². The zero-order valence-corrected chi connectivity index (χ0v) is 12.9. The molecule has 2 atom stereocenters. The molecule has 0 saturated carbocycles. The van der Waals surface area contributed by atoms with E-state index in [4.69, 9.17) is 0 Å². The average Bonchev–Trinajstić information content (AvgIpc) is 2.38. The van der Waals surface area contributed by atoms with Crippen LogP contribution in [0.5, 0.6) is 0 Å². The van der Waals surface area contributed by atoms with Gasteiger partial charge in [-0.15, -0.1) is 0 Å². The Hall–Kier alpha value is -0.910. The van der Waals surface area contributed by atoms with E-state index in [1.165, 1.54) is 6.26 Å². The lowest BCUT2D eigenvalue weighted by Gasteiger charge is -2.36. The highest BCUT2D eigenvalue weighted by atomic mass is 32.2. The highest BCUT2D eigenvalue weighted by Crippen LogP contribution is 2.29. The Labute approximate surface area is 121 Å². The van der Waals surface area contributed by atoms with Crippen LogP contribution in [0.15, 0.2) is 29.2 Å². The molecule has 112 valence electrons. The lowest BCUT2D eigenvalue weighted by Crippen LogP contribution is -2.43.